The maximum Gasteiger partial charge on any atom is 0.341 e. The van der Waals surface area contributed by atoms with Crippen molar-refractivity contribution in [2.75, 3.05) is 6.61 Å². The summed E-state index contributed by atoms with van der Waals surface area (Å²) in [6, 6.07) is 6.71. The molecule has 0 unspecified atom stereocenters. The van der Waals surface area contributed by atoms with Crippen LogP contribution in [0.25, 0.3) is 11.1 Å². The van der Waals surface area contributed by atoms with Crippen LogP contribution in [0.2, 0.25) is 18.1 Å². The summed E-state index contributed by atoms with van der Waals surface area (Å²) in [4.78, 5) is 17.4. The number of aromatic nitrogens is 1. The van der Waals surface area contributed by atoms with E-state index >= 15 is 0 Å². The molecule has 1 heterocycles. The zero-order chi connectivity index (χ0) is 25.1. The van der Waals surface area contributed by atoms with Crippen molar-refractivity contribution < 1.29 is 18.3 Å². The number of nitrogens with zero attached hydrogens (tertiary/aromatic N) is 1. The van der Waals surface area contributed by atoms with Gasteiger partial charge in [0, 0.05) is 17.0 Å². The average molecular weight is 474 g/mol. The van der Waals surface area contributed by atoms with Gasteiger partial charge in [0.15, 0.2) is 8.32 Å². The summed E-state index contributed by atoms with van der Waals surface area (Å²) in [5.41, 5.74) is 4.59. The van der Waals surface area contributed by atoms with Crippen LogP contribution in [0.15, 0.2) is 24.3 Å². The van der Waals surface area contributed by atoms with Gasteiger partial charge in [0.1, 0.15) is 5.82 Å². The lowest BCUT2D eigenvalue weighted by Gasteiger charge is -2.36. The first-order valence-electron chi connectivity index (χ1n) is 11.8. The van der Waals surface area contributed by atoms with Gasteiger partial charge in [0.2, 0.25) is 0 Å². The molecule has 33 heavy (non-hydrogen) atoms. The van der Waals surface area contributed by atoms with Gasteiger partial charge in [-0.1, -0.05) is 54.5 Å². The third-order valence-electron chi connectivity index (χ3n) is 6.47. The van der Waals surface area contributed by atoms with Crippen LogP contribution in [0.3, 0.4) is 0 Å². The molecule has 0 fully saturated rings. The Morgan fingerprint density at radius 1 is 1.09 bits per heavy atom. The summed E-state index contributed by atoms with van der Waals surface area (Å²) in [7, 11) is -2.02. The molecule has 0 amide bonds. The standard InChI is InChI=1S/C27H40FNO3Si/c1-11-31-26(30)21-14-19(12-13-23(21)28)20-15-24(17(2)3)29-25(18(4)5)22(20)16-32-33(9,10)27(6,7)8/h12-15,17-18H,11,16H2,1-10H3. The Labute approximate surface area is 200 Å². The molecule has 0 saturated heterocycles. The molecular formula is C27H40FNO3Si. The van der Waals surface area contributed by atoms with Crippen molar-refractivity contribution in [3.63, 3.8) is 0 Å². The molecule has 0 bridgehead atoms. The summed E-state index contributed by atoms with van der Waals surface area (Å²) in [5, 5.41) is 0.0728. The quantitative estimate of drug-likeness (QED) is 0.289. The average Bonchev–Trinajstić information content (AvgIpc) is 2.71. The molecule has 4 nitrogen and oxygen atoms in total. The van der Waals surface area contributed by atoms with E-state index in [4.69, 9.17) is 14.1 Å². The molecule has 1 aromatic heterocycles. The van der Waals surface area contributed by atoms with Crippen LogP contribution in [0, 0.1) is 5.82 Å². The third kappa shape index (κ3) is 6.30. The van der Waals surface area contributed by atoms with Gasteiger partial charge < -0.3 is 9.16 Å². The molecule has 0 saturated carbocycles. The predicted molar refractivity (Wildman–Crippen MR) is 136 cm³/mol. The molecule has 0 radical (unpaired) electrons. The van der Waals surface area contributed by atoms with E-state index in [1.54, 1.807) is 19.1 Å². The number of hydrogen-bond acceptors (Lipinski definition) is 4. The van der Waals surface area contributed by atoms with Crippen LogP contribution in [0.5, 0.6) is 0 Å². The minimum atomic E-state index is -2.02. The summed E-state index contributed by atoms with van der Waals surface area (Å²) in [6.45, 7) is 21.9. The molecule has 1 aromatic carbocycles. The normalized spacial score (nSPS) is 12.5. The van der Waals surface area contributed by atoms with Gasteiger partial charge in [-0.15, -0.1) is 0 Å². The lowest BCUT2D eigenvalue weighted by Crippen LogP contribution is -2.40. The van der Waals surface area contributed by atoms with Crippen LogP contribution in [0.1, 0.15) is 94.5 Å². The zero-order valence-electron chi connectivity index (χ0n) is 21.9. The number of esters is 1. The van der Waals surface area contributed by atoms with Crippen molar-refractivity contribution in [1.82, 2.24) is 4.98 Å². The molecule has 0 aliphatic carbocycles. The van der Waals surface area contributed by atoms with Crippen LogP contribution in [-0.2, 0) is 15.8 Å². The molecule has 6 heteroatoms. The van der Waals surface area contributed by atoms with E-state index in [0.717, 1.165) is 28.1 Å². The van der Waals surface area contributed by atoms with Gasteiger partial charge >= 0.3 is 5.97 Å². The van der Waals surface area contributed by atoms with Gasteiger partial charge in [-0.3, -0.25) is 4.98 Å². The first kappa shape index (κ1) is 27.2. The fraction of sp³-hybridized carbons (Fsp3) is 0.556. The smallest absolute Gasteiger partial charge is 0.341 e. The SMILES string of the molecule is CCOC(=O)c1cc(-c2cc(C(C)C)nc(C(C)C)c2CO[Si](C)(C)C(C)(C)C)ccc1F. The zero-order valence-corrected chi connectivity index (χ0v) is 22.9. The molecule has 2 aromatic rings. The molecule has 2 rings (SSSR count). The fourth-order valence-corrected chi connectivity index (χ4v) is 4.26. The van der Waals surface area contributed by atoms with Crippen LogP contribution in [0.4, 0.5) is 4.39 Å². The van der Waals surface area contributed by atoms with Gasteiger partial charge in [0.05, 0.1) is 18.8 Å². The molecule has 0 spiro atoms. The number of carbonyl (C=O) groups is 1. The van der Waals surface area contributed by atoms with E-state index in [1.165, 1.54) is 6.07 Å². The van der Waals surface area contributed by atoms with Gasteiger partial charge in [-0.2, -0.15) is 0 Å². The van der Waals surface area contributed by atoms with Crippen molar-refractivity contribution in [2.45, 2.75) is 92.0 Å². The Bertz CT molecular complexity index is 994. The highest BCUT2D eigenvalue weighted by molar-refractivity contribution is 6.74. The van der Waals surface area contributed by atoms with Crippen molar-refractivity contribution in [1.29, 1.82) is 0 Å². The Morgan fingerprint density at radius 2 is 1.73 bits per heavy atom. The number of ether oxygens (including phenoxy) is 1. The number of benzene rings is 1. The first-order chi connectivity index (χ1) is 15.2. The van der Waals surface area contributed by atoms with E-state index in [-0.39, 0.29) is 29.0 Å². The Hall–Kier alpha value is -2.05. The van der Waals surface area contributed by atoms with Crippen LogP contribution in [-0.4, -0.2) is 25.9 Å². The lowest BCUT2D eigenvalue weighted by atomic mass is 9.91. The molecule has 0 atom stereocenters. The summed E-state index contributed by atoms with van der Waals surface area (Å²) >= 11 is 0. The van der Waals surface area contributed by atoms with Gasteiger partial charge in [-0.25, -0.2) is 9.18 Å². The Morgan fingerprint density at radius 3 is 2.24 bits per heavy atom. The second-order valence-corrected chi connectivity index (χ2v) is 15.5. The first-order valence-corrected chi connectivity index (χ1v) is 14.7. The third-order valence-corrected chi connectivity index (χ3v) is 10.9. The van der Waals surface area contributed by atoms with Crippen molar-refractivity contribution in [3.8, 4) is 11.1 Å². The fourth-order valence-electron chi connectivity index (χ4n) is 3.32. The minimum absolute atomic E-state index is 0.0559. The van der Waals surface area contributed by atoms with Crippen LogP contribution < -0.4 is 0 Å². The second-order valence-electron chi connectivity index (χ2n) is 10.7. The van der Waals surface area contributed by atoms with Crippen LogP contribution >= 0.6 is 0 Å². The largest absolute Gasteiger partial charge is 0.462 e. The number of halogens is 1. The number of carbonyl (C=O) groups excluding carboxylic acids is 1. The highest BCUT2D eigenvalue weighted by Crippen LogP contribution is 2.39. The topological polar surface area (TPSA) is 48.4 Å². The van der Waals surface area contributed by atoms with E-state index < -0.39 is 20.1 Å². The number of pyridine rings is 1. The van der Waals surface area contributed by atoms with Crippen molar-refractivity contribution in [3.05, 3.63) is 52.6 Å². The van der Waals surface area contributed by atoms with E-state index in [9.17, 15) is 9.18 Å². The molecule has 0 N–H and O–H groups in total. The summed E-state index contributed by atoms with van der Waals surface area (Å²) in [6.07, 6.45) is 0. The van der Waals surface area contributed by atoms with Gasteiger partial charge in [0.25, 0.3) is 0 Å². The highest BCUT2D eigenvalue weighted by Gasteiger charge is 2.37. The summed E-state index contributed by atoms with van der Waals surface area (Å²) < 4.78 is 26.2. The Balaban J connectivity index is 2.72. The molecule has 0 aliphatic heterocycles. The Kier molecular flexibility index (Phi) is 8.63. The van der Waals surface area contributed by atoms with E-state index in [2.05, 4.69) is 67.6 Å². The van der Waals surface area contributed by atoms with Crippen molar-refractivity contribution in [2.24, 2.45) is 0 Å². The molecule has 182 valence electrons. The van der Waals surface area contributed by atoms with E-state index in [0.29, 0.717) is 6.61 Å². The monoisotopic (exact) mass is 473 g/mol. The number of rotatable bonds is 8. The van der Waals surface area contributed by atoms with Crippen molar-refractivity contribution >= 4 is 14.3 Å². The number of hydrogen-bond donors (Lipinski definition) is 0. The van der Waals surface area contributed by atoms with E-state index in [1.807, 2.05) is 0 Å². The molecular weight excluding hydrogens is 433 g/mol. The maximum atomic E-state index is 14.5. The second kappa shape index (κ2) is 10.5. The highest BCUT2D eigenvalue weighted by atomic mass is 28.4. The van der Waals surface area contributed by atoms with Gasteiger partial charge in [-0.05, 0) is 66.2 Å². The summed E-state index contributed by atoms with van der Waals surface area (Å²) in [5.74, 6) is -0.830. The predicted octanol–water partition coefficient (Wildman–Crippen LogP) is 7.83. The lowest BCUT2D eigenvalue weighted by molar-refractivity contribution is 0.0521. The molecule has 0 aliphatic rings. The maximum absolute atomic E-state index is 14.5. The minimum Gasteiger partial charge on any atom is -0.462 e.